The minimum atomic E-state index is -0.0176. The molecule has 2 aromatic rings. The standard InChI is InChI=1S/C18H19NO2S2/c1-13(20)23-12-14-10-17(21)19(11-14)18(16-8-5-9-22-16)15-6-3-2-4-7-15/h2-9,14,18H,10-12H2,1H3. The Balaban J connectivity index is 1.83. The molecule has 1 amide bonds. The van der Waals surface area contributed by atoms with E-state index < -0.39 is 0 Å². The van der Waals surface area contributed by atoms with Crippen LogP contribution in [0.2, 0.25) is 0 Å². The lowest BCUT2D eigenvalue weighted by Crippen LogP contribution is -2.30. The summed E-state index contributed by atoms with van der Waals surface area (Å²) < 4.78 is 0. The number of likely N-dealkylation sites (tertiary alicyclic amines) is 1. The number of nitrogens with zero attached hydrogens (tertiary/aromatic N) is 1. The van der Waals surface area contributed by atoms with Crippen molar-refractivity contribution in [2.24, 2.45) is 5.92 Å². The Morgan fingerprint density at radius 2 is 2.09 bits per heavy atom. The maximum absolute atomic E-state index is 12.6. The van der Waals surface area contributed by atoms with Crippen LogP contribution in [0.5, 0.6) is 0 Å². The molecule has 0 spiro atoms. The van der Waals surface area contributed by atoms with Crippen LogP contribution in [0.25, 0.3) is 0 Å². The van der Waals surface area contributed by atoms with Crippen molar-refractivity contribution in [2.75, 3.05) is 12.3 Å². The summed E-state index contributed by atoms with van der Waals surface area (Å²) in [6.07, 6.45) is 0.537. The van der Waals surface area contributed by atoms with E-state index in [-0.39, 0.29) is 23.0 Å². The van der Waals surface area contributed by atoms with Gasteiger partial charge in [-0.25, -0.2) is 0 Å². The number of thioether (sulfide) groups is 1. The number of carbonyl (C=O) groups excluding carboxylic acids is 2. The molecule has 0 N–H and O–H groups in total. The van der Waals surface area contributed by atoms with Crippen LogP contribution in [-0.4, -0.2) is 28.2 Å². The fourth-order valence-corrected chi connectivity index (χ4v) is 4.54. The number of hydrogen-bond acceptors (Lipinski definition) is 4. The number of carbonyl (C=O) groups is 2. The average Bonchev–Trinajstić information content (AvgIpc) is 3.18. The molecule has 3 nitrogen and oxygen atoms in total. The Hall–Kier alpha value is -1.59. The Bertz CT molecular complexity index is 670. The van der Waals surface area contributed by atoms with E-state index in [1.54, 1.807) is 18.3 Å². The quantitative estimate of drug-likeness (QED) is 0.823. The van der Waals surface area contributed by atoms with Gasteiger partial charge in [-0.05, 0) is 22.9 Å². The number of thiophene rings is 1. The zero-order valence-corrected chi connectivity index (χ0v) is 14.6. The molecule has 120 valence electrons. The SMILES string of the molecule is CC(=O)SCC1CC(=O)N(C(c2ccccc2)c2cccs2)C1. The highest BCUT2D eigenvalue weighted by molar-refractivity contribution is 8.13. The first-order valence-corrected chi connectivity index (χ1v) is 9.53. The van der Waals surface area contributed by atoms with E-state index >= 15 is 0 Å². The fourth-order valence-electron chi connectivity index (χ4n) is 2.98. The topological polar surface area (TPSA) is 37.4 Å². The van der Waals surface area contributed by atoms with E-state index in [1.807, 2.05) is 29.2 Å². The predicted octanol–water partition coefficient (Wildman–Crippen LogP) is 3.97. The van der Waals surface area contributed by atoms with Crippen LogP contribution in [0.3, 0.4) is 0 Å². The van der Waals surface area contributed by atoms with E-state index in [9.17, 15) is 9.59 Å². The Labute approximate surface area is 144 Å². The molecule has 1 aromatic heterocycles. The summed E-state index contributed by atoms with van der Waals surface area (Å²) in [5.41, 5.74) is 1.14. The van der Waals surface area contributed by atoms with Crippen LogP contribution in [0, 0.1) is 5.92 Å². The van der Waals surface area contributed by atoms with Crippen LogP contribution >= 0.6 is 23.1 Å². The zero-order chi connectivity index (χ0) is 16.2. The fraction of sp³-hybridized carbons (Fsp3) is 0.333. The minimum Gasteiger partial charge on any atom is -0.330 e. The Morgan fingerprint density at radius 3 is 2.74 bits per heavy atom. The van der Waals surface area contributed by atoms with Gasteiger partial charge >= 0.3 is 0 Å². The summed E-state index contributed by atoms with van der Waals surface area (Å²) in [7, 11) is 0. The van der Waals surface area contributed by atoms with Crippen molar-refractivity contribution < 1.29 is 9.59 Å². The molecule has 1 saturated heterocycles. The van der Waals surface area contributed by atoms with Crippen molar-refractivity contribution in [3.05, 3.63) is 58.3 Å². The van der Waals surface area contributed by atoms with E-state index in [0.717, 1.165) is 17.9 Å². The summed E-state index contributed by atoms with van der Waals surface area (Å²) in [5.74, 6) is 1.16. The predicted molar refractivity (Wildman–Crippen MR) is 95.6 cm³/mol. The van der Waals surface area contributed by atoms with Crippen LogP contribution in [0.4, 0.5) is 0 Å². The third kappa shape index (κ3) is 3.85. The first-order chi connectivity index (χ1) is 11.1. The third-order valence-corrected chi connectivity index (χ3v) is 5.97. The summed E-state index contributed by atoms with van der Waals surface area (Å²) >= 11 is 3.00. The van der Waals surface area contributed by atoms with E-state index in [2.05, 4.69) is 23.6 Å². The van der Waals surface area contributed by atoms with Gasteiger partial charge in [0.15, 0.2) is 5.12 Å². The molecule has 0 saturated carbocycles. The largest absolute Gasteiger partial charge is 0.330 e. The average molecular weight is 345 g/mol. The van der Waals surface area contributed by atoms with Crippen molar-refractivity contribution in [3.8, 4) is 0 Å². The summed E-state index contributed by atoms with van der Waals surface area (Å²) in [5, 5.41) is 2.17. The highest BCUT2D eigenvalue weighted by atomic mass is 32.2. The molecule has 2 atom stereocenters. The molecule has 2 unspecified atom stereocenters. The smallest absolute Gasteiger partial charge is 0.223 e. The van der Waals surface area contributed by atoms with Gasteiger partial charge in [0.25, 0.3) is 0 Å². The van der Waals surface area contributed by atoms with Gasteiger partial charge in [0.05, 0.1) is 6.04 Å². The Morgan fingerprint density at radius 1 is 1.30 bits per heavy atom. The van der Waals surface area contributed by atoms with Gasteiger partial charge in [0.1, 0.15) is 0 Å². The molecule has 0 bridgehead atoms. The molecule has 1 aliphatic rings. The van der Waals surface area contributed by atoms with Crippen molar-refractivity contribution in [1.82, 2.24) is 4.90 Å². The highest BCUT2D eigenvalue weighted by Crippen LogP contribution is 2.36. The normalized spacial score (nSPS) is 19.1. The summed E-state index contributed by atoms with van der Waals surface area (Å²) in [6, 6.07) is 14.3. The number of benzene rings is 1. The summed E-state index contributed by atoms with van der Waals surface area (Å²) in [6.45, 7) is 2.30. The van der Waals surface area contributed by atoms with Crippen molar-refractivity contribution in [2.45, 2.75) is 19.4 Å². The first kappa shape index (κ1) is 16.3. The lowest BCUT2D eigenvalue weighted by Gasteiger charge is -2.28. The molecule has 5 heteroatoms. The van der Waals surface area contributed by atoms with Crippen molar-refractivity contribution in [1.29, 1.82) is 0 Å². The Kier molecular flexibility index (Phi) is 5.18. The molecule has 1 aromatic carbocycles. The van der Waals surface area contributed by atoms with Gasteiger partial charge in [-0.1, -0.05) is 48.2 Å². The van der Waals surface area contributed by atoms with Crippen LogP contribution in [0.1, 0.15) is 29.8 Å². The second-order valence-corrected chi connectivity index (χ2v) is 7.92. The molecular formula is C18H19NO2S2. The van der Waals surface area contributed by atoms with Crippen LogP contribution in [0.15, 0.2) is 47.8 Å². The highest BCUT2D eigenvalue weighted by Gasteiger charge is 2.36. The molecule has 1 fully saturated rings. The molecule has 0 aliphatic carbocycles. The van der Waals surface area contributed by atoms with Crippen LogP contribution < -0.4 is 0 Å². The van der Waals surface area contributed by atoms with Crippen molar-refractivity contribution >= 4 is 34.1 Å². The number of hydrogen-bond donors (Lipinski definition) is 0. The maximum atomic E-state index is 12.6. The molecule has 3 rings (SSSR count). The summed E-state index contributed by atoms with van der Waals surface area (Å²) in [4.78, 5) is 26.9. The number of amides is 1. The molecule has 2 heterocycles. The lowest BCUT2D eigenvalue weighted by atomic mass is 10.0. The minimum absolute atomic E-state index is 0.0176. The zero-order valence-electron chi connectivity index (χ0n) is 13.0. The molecule has 0 radical (unpaired) electrons. The third-order valence-electron chi connectivity index (χ3n) is 4.00. The second kappa shape index (κ2) is 7.32. The molecular weight excluding hydrogens is 326 g/mol. The van der Waals surface area contributed by atoms with E-state index in [4.69, 9.17) is 0 Å². The van der Waals surface area contributed by atoms with Gasteiger partial charge < -0.3 is 4.90 Å². The molecule has 23 heavy (non-hydrogen) atoms. The lowest BCUT2D eigenvalue weighted by molar-refractivity contribution is -0.129. The van der Waals surface area contributed by atoms with E-state index in [1.165, 1.54) is 16.6 Å². The van der Waals surface area contributed by atoms with Crippen LogP contribution in [-0.2, 0) is 9.59 Å². The van der Waals surface area contributed by atoms with Gasteiger partial charge in [0.2, 0.25) is 5.91 Å². The van der Waals surface area contributed by atoms with Gasteiger partial charge in [-0.2, -0.15) is 0 Å². The second-order valence-electron chi connectivity index (χ2n) is 5.75. The van der Waals surface area contributed by atoms with Gasteiger partial charge in [0, 0.05) is 30.5 Å². The number of rotatable bonds is 5. The molecule has 1 aliphatic heterocycles. The first-order valence-electron chi connectivity index (χ1n) is 7.66. The monoisotopic (exact) mass is 345 g/mol. The van der Waals surface area contributed by atoms with Crippen molar-refractivity contribution in [3.63, 3.8) is 0 Å². The maximum Gasteiger partial charge on any atom is 0.223 e. The van der Waals surface area contributed by atoms with Gasteiger partial charge in [-0.3, -0.25) is 9.59 Å². The van der Waals surface area contributed by atoms with E-state index in [0.29, 0.717) is 6.42 Å². The van der Waals surface area contributed by atoms with Gasteiger partial charge in [-0.15, -0.1) is 11.3 Å².